The van der Waals surface area contributed by atoms with Crippen molar-refractivity contribution in [2.45, 2.75) is 6.10 Å². The summed E-state index contributed by atoms with van der Waals surface area (Å²) in [6, 6.07) is 19.4. The fraction of sp³-hybridized carbons (Fsp3) is 0.0625. The Kier molecular flexibility index (Phi) is 3.32. The van der Waals surface area contributed by atoms with E-state index < -0.39 is 6.10 Å². The fourth-order valence-electron chi connectivity index (χ4n) is 2.09. The SMILES string of the molecule is OC(c1ccccc1)c1nc2ccccc2cc1Br. The number of aliphatic hydroxyl groups is 1. The van der Waals surface area contributed by atoms with Crippen molar-refractivity contribution in [3.05, 3.63) is 76.4 Å². The van der Waals surface area contributed by atoms with Crippen molar-refractivity contribution >= 4 is 26.8 Å². The molecule has 1 aromatic heterocycles. The standard InChI is InChI=1S/C16H12BrNO/c17-13-10-12-8-4-5-9-14(12)18-15(13)16(19)11-6-2-1-3-7-11/h1-10,16,19H. The highest BCUT2D eigenvalue weighted by Gasteiger charge is 2.15. The third-order valence-corrected chi connectivity index (χ3v) is 3.71. The predicted molar refractivity (Wildman–Crippen MR) is 79.9 cm³/mol. The molecule has 2 aromatic carbocycles. The molecule has 0 amide bonds. The lowest BCUT2D eigenvalue weighted by Crippen LogP contribution is -2.03. The number of benzene rings is 2. The average Bonchev–Trinajstić information content (AvgIpc) is 2.47. The first-order valence-electron chi connectivity index (χ1n) is 6.04. The predicted octanol–water partition coefficient (Wildman–Crippen LogP) is 4.08. The van der Waals surface area contributed by atoms with E-state index in [1.165, 1.54) is 0 Å². The Hall–Kier alpha value is -1.71. The molecule has 94 valence electrons. The number of hydrogen-bond acceptors (Lipinski definition) is 2. The van der Waals surface area contributed by atoms with Gasteiger partial charge in [-0.1, -0.05) is 48.5 Å². The first-order valence-corrected chi connectivity index (χ1v) is 6.83. The summed E-state index contributed by atoms with van der Waals surface area (Å²) in [6.45, 7) is 0. The average molecular weight is 314 g/mol. The summed E-state index contributed by atoms with van der Waals surface area (Å²) in [4.78, 5) is 4.55. The summed E-state index contributed by atoms with van der Waals surface area (Å²) in [7, 11) is 0. The number of aromatic nitrogens is 1. The van der Waals surface area contributed by atoms with Crippen molar-refractivity contribution in [2.75, 3.05) is 0 Å². The molecule has 1 N–H and O–H groups in total. The first-order chi connectivity index (χ1) is 9.25. The van der Waals surface area contributed by atoms with Crippen molar-refractivity contribution < 1.29 is 5.11 Å². The van der Waals surface area contributed by atoms with Gasteiger partial charge in [0.05, 0.1) is 11.2 Å². The van der Waals surface area contributed by atoms with Gasteiger partial charge in [0.15, 0.2) is 0 Å². The molecular formula is C16H12BrNO. The number of pyridine rings is 1. The van der Waals surface area contributed by atoms with Crippen molar-refractivity contribution in [2.24, 2.45) is 0 Å². The first kappa shape index (κ1) is 12.3. The fourth-order valence-corrected chi connectivity index (χ4v) is 2.64. The smallest absolute Gasteiger partial charge is 0.122 e. The van der Waals surface area contributed by atoms with Gasteiger partial charge in [-0.2, -0.15) is 0 Å². The highest BCUT2D eigenvalue weighted by Crippen LogP contribution is 2.29. The third kappa shape index (κ3) is 2.39. The molecule has 0 saturated heterocycles. The van der Waals surface area contributed by atoms with Gasteiger partial charge in [0.2, 0.25) is 0 Å². The zero-order chi connectivity index (χ0) is 13.2. The number of nitrogens with zero attached hydrogens (tertiary/aromatic N) is 1. The van der Waals surface area contributed by atoms with E-state index in [4.69, 9.17) is 0 Å². The van der Waals surface area contributed by atoms with Gasteiger partial charge in [0.1, 0.15) is 6.10 Å². The van der Waals surface area contributed by atoms with E-state index >= 15 is 0 Å². The van der Waals surface area contributed by atoms with Crippen LogP contribution in [0.4, 0.5) is 0 Å². The van der Waals surface area contributed by atoms with Crippen molar-refractivity contribution in [3.8, 4) is 0 Å². The summed E-state index contributed by atoms with van der Waals surface area (Å²) < 4.78 is 0.822. The van der Waals surface area contributed by atoms with E-state index in [0.29, 0.717) is 5.69 Å². The van der Waals surface area contributed by atoms with Crippen LogP contribution in [0.1, 0.15) is 17.4 Å². The van der Waals surface area contributed by atoms with Crippen molar-refractivity contribution in [3.63, 3.8) is 0 Å². The Balaban J connectivity index is 2.12. The molecule has 1 atom stereocenters. The number of halogens is 1. The van der Waals surface area contributed by atoms with Gasteiger partial charge < -0.3 is 5.11 Å². The third-order valence-electron chi connectivity index (χ3n) is 3.08. The highest BCUT2D eigenvalue weighted by molar-refractivity contribution is 9.10. The lowest BCUT2D eigenvalue weighted by molar-refractivity contribution is 0.215. The van der Waals surface area contributed by atoms with Crippen LogP contribution in [0.5, 0.6) is 0 Å². The minimum atomic E-state index is -0.722. The van der Waals surface area contributed by atoms with Gasteiger partial charge in [-0.3, -0.25) is 0 Å². The van der Waals surface area contributed by atoms with Gasteiger partial charge in [0, 0.05) is 9.86 Å². The second kappa shape index (κ2) is 5.11. The monoisotopic (exact) mass is 313 g/mol. The zero-order valence-corrected chi connectivity index (χ0v) is 11.7. The highest BCUT2D eigenvalue weighted by atomic mass is 79.9. The molecule has 0 aliphatic rings. The lowest BCUT2D eigenvalue weighted by atomic mass is 10.1. The summed E-state index contributed by atoms with van der Waals surface area (Å²) in [5, 5.41) is 11.5. The largest absolute Gasteiger partial charge is 0.382 e. The van der Waals surface area contributed by atoms with Crippen LogP contribution in [-0.4, -0.2) is 10.1 Å². The molecule has 0 bridgehead atoms. The Morgan fingerprint density at radius 3 is 2.42 bits per heavy atom. The molecule has 3 aromatic rings. The van der Waals surface area contributed by atoms with Gasteiger partial charge in [-0.15, -0.1) is 0 Å². The zero-order valence-electron chi connectivity index (χ0n) is 10.1. The second-order valence-corrected chi connectivity index (χ2v) is 5.22. The van der Waals surface area contributed by atoms with Crippen LogP contribution in [0.3, 0.4) is 0 Å². The Labute approximate surface area is 119 Å². The summed E-state index contributed by atoms with van der Waals surface area (Å²) in [5.74, 6) is 0. The number of aliphatic hydroxyl groups excluding tert-OH is 1. The quantitative estimate of drug-likeness (QED) is 0.773. The minimum Gasteiger partial charge on any atom is -0.382 e. The van der Waals surface area contributed by atoms with Crippen LogP contribution in [0, 0.1) is 0 Å². The molecule has 0 spiro atoms. The molecule has 2 nitrogen and oxygen atoms in total. The van der Waals surface area contributed by atoms with E-state index in [0.717, 1.165) is 20.9 Å². The van der Waals surface area contributed by atoms with E-state index in [1.807, 2.05) is 60.7 Å². The van der Waals surface area contributed by atoms with E-state index in [-0.39, 0.29) is 0 Å². The number of para-hydroxylation sites is 1. The van der Waals surface area contributed by atoms with Crippen molar-refractivity contribution in [1.82, 2.24) is 4.98 Å². The van der Waals surface area contributed by atoms with Crippen LogP contribution < -0.4 is 0 Å². The number of fused-ring (bicyclic) bond motifs is 1. The Morgan fingerprint density at radius 2 is 1.63 bits per heavy atom. The van der Waals surface area contributed by atoms with Crippen LogP contribution in [0.25, 0.3) is 10.9 Å². The van der Waals surface area contributed by atoms with Crippen LogP contribution >= 0.6 is 15.9 Å². The van der Waals surface area contributed by atoms with Gasteiger partial charge in [-0.05, 0) is 33.6 Å². The molecule has 0 fully saturated rings. The van der Waals surface area contributed by atoms with Crippen LogP contribution in [0.2, 0.25) is 0 Å². The molecule has 1 heterocycles. The van der Waals surface area contributed by atoms with Gasteiger partial charge in [-0.25, -0.2) is 4.98 Å². The second-order valence-electron chi connectivity index (χ2n) is 4.36. The van der Waals surface area contributed by atoms with Gasteiger partial charge >= 0.3 is 0 Å². The number of rotatable bonds is 2. The summed E-state index contributed by atoms with van der Waals surface area (Å²) >= 11 is 3.49. The van der Waals surface area contributed by atoms with E-state index in [2.05, 4.69) is 20.9 Å². The van der Waals surface area contributed by atoms with E-state index in [1.54, 1.807) is 0 Å². The molecule has 1 unspecified atom stereocenters. The molecule has 3 heteroatoms. The van der Waals surface area contributed by atoms with Crippen LogP contribution in [0.15, 0.2) is 65.1 Å². The Bertz CT molecular complexity index is 712. The van der Waals surface area contributed by atoms with Gasteiger partial charge in [0.25, 0.3) is 0 Å². The van der Waals surface area contributed by atoms with E-state index in [9.17, 15) is 5.11 Å². The maximum Gasteiger partial charge on any atom is 0.122 e. The maximum atomic E-state index is 10.4. The number of hydrogen-bond donors (Lipinski definition) is 1. The Morgan fingerprint density at radius 1 is 0.947 bits per heavy atom. The minimum absolute atomic E-state index is 0.643. The molecule has 19 heavy (non-hydrogen) atoms. The normalized spacial score (nSPS) is 12.5. The molecule has 0 saturated carbocycles. The topological polar surface area (TPSA) is 33.1 Å². The van der Waals surface area contributed by atoms with Crippen LogP contribution in [-0.2, 0) is 0 Å². The molecule has 0 aliphatic heterocycles. The molecule has 0 aliphatic carbocycles. The lowest BCUT2D eigenvalue weighted by Gasteiger charge is -2.13. The molecule has 0 radical (unpaired) electrons. The van der Waals surface area contributed by atoms with Crippen molar-refractivity contribution in [1.29, 1.82) is 0 Å². The molecule has 3 rings (SSSR count). The summed E-state index contributed by atoms with van der Waals surface area (Å²) in [6.07, 6.45) is -0.722. The summed E-state index contributed by atoms with van der Waals surface area (Å²) in [5.41, 5.74) is 2.37. The molecular weight excluding hydrogens is 302 g/mol. The maximum absolute atomic E-state index is 10.4.